The van der Waals surface area contributed by atoms with Crippen molar-refractivity contribution in [3.8, 4) is 5.69 Å². The molecule has 0 saturated carbocycles. The smallest absolute Gasteiger partial charge is 0.263 e. The molecule has 26 heavy (non-hydrogen) atoms. The molecule has 0 amide bonds. The van der Waals surface area contributed by atoms with Gasteiger partial charge in [-0.25, -0.2) is 13.1 Å². The van der Waals surface area contributed by atoms with Gasteiger partial charge in [0.15, 0.2) is 0 Å². The van der Waals surface area contributed by atoms with Gasteiger partial charge < -0.3 is 0 Å². The molecule has 0 saturated heterocycles. The highest BCUT2D eigenvalue weighted by atomic mass is 32.2. The Labute approximate surface area is 153 Å². The number of pyridine rings is 1. The molecule has 1 aliphatic carbocycles. The second-order valence-corrected chi connectivity index (χ2v) is 8.21. The summed E-state index contributed by atoms with van der Waals surface area (Å²) in [6.45, 7) is 1.83. The predicted octanol–water partition coefficient (Wildman–Crippen LogP) is 3.26. The maximum atomic E-state index is 12.9. The van der Waals surface area contributed by atoms with E-state index in [0.717, 1.165) is 36.2 Å². The maximum absolute atomic E-state index is 12.9. The summed E-state index contributed by atoms with van der Waals surface area (Å²) in [6, 6.07) is 10.7. The zero-order valence-corrected chi connectivity index (χ0v) is 15.3. The molecule has 0 atom stereocenters. The highest BCUT2D eigenvalue weighted by Crippen LogP contribution is 2.26. The van der Waals surface area contributed by atoms with Crippen molar-refractivity contribution in [2.75, 3.05) is 4.72 Å². The van der Waals surface area contributed by atoms with Crippen molar-refractivity contribution in [1.82, 2.24) is 14.8 Å². The average molecular weight is 368 g/mol. The number of nitrogens with zero attached hydrogens (tertiary/aromatic N) is 3. The molecule has 3 aromatic rings. The summed E-state index contributed by atoms with van der Waals surface area (Å²) in [5.74, 6) is 0.409. The second kappa shape index (κ2) is 6.57. The second-order valence-electron chi connectivity index (χ2n) is 6.53. The maximum Gasteiger partial charge on any atom is 0.263 e. The standard InChI is InChI=1S/C19H20N4O2S/c1-14-12-19(23(21-14)17-8-10-20-11-9-17)22-26(24,25)18-7-6-15-4-2-3-5-16(15)13-18/h6-13,22H,2-5H2,1H3. The van der Waals surface area contributed by atoms with Crippen LogP contribution in [0, 0.1) is 6.92 Å². The molecule has 134 valence electrons. The van der Waals surface area contributed by atoms with Gasteiger partial charge in [-0.2, -0.15) is 5.10 Å². The number of benzene rings is 1. The number of fused-ring (bicyclic) bond motifs is 1. The Morgan fingerprint density at radius 3 is 2.50 bits per heavy atom. The van der Waals surface area contributed by atoms with Gasteiger partial charge in [0.1, 0.15) is 5.82 Å². The fraction of sp³-hybridized carbons (Fsp3) is 0.263. The zero-order valence-electron chi connectivity index (χ0n) is 14.5. The fourth-order valence-electron chi connectivity index (χ4n) is 3.33. The molecule has 1 aromatic carbocycles. The van der Waals surface area contributed by atoms with E-state index in [4.69, 9.17) is 0 Å². The van der Waals surface area contributed by atoms with Crippen molar-refractivity contribution in [1.29, 1.82) is 0 Å². The molecule has 6 nitrogen and oxygen atoms in total. The highest BCUT2D eigenvalue weighted by molar-refractivity contribution is 7.92. The number of sulfonamides is 1. The molecule has 2 heterocycles. The number of rotatable bonds is 4. The third-order valence-electron chi connectivity index (χ3n) is 4.61. The summed E-state index contributed by atoms with van der Waals surface area (Å²) in [4.78, 5) is 4.28. The average Bonchev–Trinajstić information content (AvgIpc) is 3.01. The molecule has 1 aliphatic rings. The Bertz CT molecular complexity index is 1040. The quantitative estimate of drug-likeness (QED) is 0.767. The van der Waals surface area contributed by atoms with Gasteiger partial charge in [-0.05, 0) is 68.0 Å². The molecular formula is C19H20N4O2S. The first-order chi connectivity index (χ1) is 12.5. The summed E-state index contributed by atoms with van der Waals surface area (Å²) in [5.41, 5.74) is 3.87. The van der Waals surface area contributed by atoms with Gasteiger partial charge in [-0.3, -0.25) is 9.71 Å². The van der Waals surface area contributed by atoms with E-state index in [9.17, 15) is 8.42 Å². The molecule has 0 spiro atoms. The van der Waals surface area contributed by atoms with Crippen LogP contribution in [0.4, 0.5) is 5.82 Å². The van der Waals surface area contributed by atoms with E-state index in [-0.39, 0.29) is 0 Å². The fourth-order valence-corrected chi connectivity index (χ4v) is 4.41. The van der Waals surface area contributed by atoms with Gasteiger partial charge in [0, 0.05) is 18.5 Å². The third-order valence-corrected chi connectivity index (χ3v) is 5.96. The first-order valence-electron chi connectivity index (χ1n) is 8.65. The molecule has 0 radical (unpaired) electrons. The van der Waals surface area contributed by atoms with Crippen LogP contribution in [0.5, 0.6) is 0 Å². The number of hydrogen-bond donors (Lipinski definition) is 1. The van der Waals surface area contributed by atoms with Crippen LogP contribution in [-0.2, 0) is 22.9 Å². The van der Waals surface area contributed by atoms with Gasteiger partial charge in [0.2, 0.25) is 0 Å². The summed E-state index contributed by atoms with van der Waals surface area (Å²) in [6.07, 6.45) is 7.53. The summed E-state index contributed by atoms with van der Waals surface area (Å²) in [7, 11) is -3.69. The topological polar surface area (TPSA) is 76.9 Å². The van der Waals surface area contributed by atoms with Crippen LogP contribution >= 0.6 is 0 Å². The number of aromatic nitrogens is 3. The van der Waals surface area contributed by atoms with Crippen molar-refractivity contribution in [2.45, 2.75) is 37.5 Å². The van der Waals surface area contributed by atoms with Crippen LogP contribution in [0.2, 0.25) is 0 Å². The first-order valence-corrected chi connectivity index (χ1v) is 10.1. The van der Waals surface area contributed by atoms with E-state index >= 15 is 0 Å². The van der Waals surface area contributed by atoms with Crippen LogP contribution in [0.15, 0.2) is 53.7 Å². The Balaban J connectivity index is 1.69. The number of nitrogens with one attached hydrogen (secondary N) is 1. The molecule has 0 fully saturated rings. The van der Waals surface area contributed by atoms with Crippen LogP contribution < -0.4 is 4.72 Å². The Morgan fingerprint density at radius 2 is 1.73 bits per heavy atom. The minimum absolute atomic E-state index is 0.290. The lowest BCUT2D eigenvalue weighted by atomic mass is 9.92. The van der Waals surface area contributed by atoms with Crippen molar-refractivity contribution < 1.29 is 8.42 Å². The number of hydrogen-bond acceptors (Lipinski definition) is 4. The third kappa shape index (κ3) is 3.22. The van der Waals surface area contributed by atoms with Crippen molar-refractivity contribution in [2.24, 2.45) is 0 Å². The number of anilines is 1. The SMILES string of the molecule is Cc1cc(NS(=O)(=O)c2ccc3c(c2)CCCC3)n(-c2ccncc2)n1. The van der Waals surface area contributed by atoms with Gasteiger partial charge in [0.25, 0.3) is 10.0 Å². The largest absolute Gasteiger partial charge is 0.265 e. The predicted molar refractivity (Wildman–Crippen MR) is 100.0 cm³/mol. The number of aryl methyl sites for hydroxylation is 3. The molecule has 0 unspecified atom stereocenters. The molecule has 7 heteroatoms. The van der Waals surface area contributed by atoms with E-state index in [1.807, 2.05) is 13.0 Å². The molecule has 4 rings (SSSR count). The zero-order chi connectivity index (χ0) is 18.1. The summed E-state index contributed by atoms with van der Waals surface area (Å²) < 4.78 is 30.1. The van der Waals surface area contributed by atoms with Gasteiger partial charge >= 0.3 is 0 Å². The lowest BCUT2D eigenvalue weighted by molar-refractivity contribution is 0.600. The summed E-state index contributed by atoms with van der Waals surface area (Å²) in [5, 5.41) is 4.39. The van der Waals surface area contributed by atoms with Gasteiger partial charge in [-0.15, -0.1) is 0 Å². The van der Waals surface area contributed by atoms with Crippen molar-refractivity contribution in [3.05, 3.63) is 65.6 Å². The first kappa shape index (κ1) is 16.8. The van der Waals surface area contributed by atoms with Crippen molar-refractivity contribution >= 4 is 15.8 Å². The van der Waals surface area contributed by atoms with E-state index in [2.05, 4.69) is 14.8 Å². The Kier molecular flexibility index (Phi) is 4.24. The van der Waals surface area contributed by atoms with Gasteiger partial charge in [-0.1, -0.05) is 6.07 Å². The monoisotopic (exact) mass is 368 g/mol. The molecular weight excluding hydrogens is 348 g/mol. The Hall–Kier alpha value is -2.67. The van der Waals surface area contributed by atoms with E-state index in [1.165, 1.54) is 12.0 Å². The van der Waals surface area contributed by atoms with Gasteiger partial charge in [0.05, 0.1) is 16.3 Å². The van der Waals surface area contributed by atoms with Crippen molar-refractivity contribution in [3.63, 3.8) is 0 Å². The lowest BCUT2D eigenvalue weighted by Crippen LogP contribution is -2.17. The molecule has 0 bridgehead atoms. The normalized spacial score (nSPS) is 14.0. The highest BCUT2D eigenvalue weighted by Gasteiger charge is 2.20. The van der Waals surface area contributed by atoms with Crippen LogP contribution in [-0.4, -0.2) is 23.2 Å². The molecule has 0 aliphatic heterocycles. The van der Waals surface area contributed by atoms with Crippen LogP contribution in [0.3, 0.4) is 0 Å². The van der Waals surface area contributed by atoms with Crippen LogP contribution in [0.25, 0.3) is 5.69 Å². The molecule has 1 N–H and O–H groups in total. The van der Waals surface area contributed by atoms with E-state index in [0.29, 0.717) is 10.7 Å². The minimum Gasteiger partial charge on any atom is -0.265 e. The van der Waals surface area contributed by atoms with E-state index < -0.39 is 10.0 Å². The molecule has 2 aromatic heterocycles. The van der Waals surface area contributed by atoms with E-state index in [1.54, 1.807) is 47.4 Å². The summed E-state index contributed by atoms with van der Waals surface area (Å²) >= 11 is 0. The Morgan fingerprint density at radius 1 is 1.00 bits per heavy atom. The minimum atomic E-state index is -3.69. The van der Waals surface area contributed by atoms with Crippen LogP contribution in [0.1, 0.15) is 29.7 Å². The lowest BCUT2D eigenvalue weighted by Gasteiger charge is -2.17.